The van der Waals surface area contributed by atoms with Crippen molar-refractivity contribution in [3.8, 4) is 22.6 Å². The highest BCUT2D eigenvalue weighted by atomic mass is 79.9. The molecule has 0 radical (unpaired) electrons. The Bertz CT molecular complexity index is 1730. The summed E-state index contributed by atoms with van der Waals surface area (Å²) >= 11 is 9.57. The van der Waals surface area contributed by atoms with Crippen molar-refractivity contribution >= 4 is 56.5 Å². The smallest absolute Gasteiger partial charge is 0.345 e. The van der Waals surface area contributed by atoms with Gasteiger partial charge in [0.25, 0.3) is 5.91 Å². The van der Waals surface area contributed by atoms with E-state index >= 15 is 0 Å². The summed E-state index contributed by atoms with van der Waals surface area (Å²) < 4.78 is 12.0. The van der Waals surface area contributed by atoms with Crippen molar-refractivity contribution in [1.82, 2.24) is 10.4 Å². The predicted octanol–water partition coefficient (Wildman–Crippen LogP) is 7.63. The summed E-state index contributed by atoms with van der Waals surface area (Å²) in [4.78, 5) is 29.3. The van der Waals surface area contributed by atoms with E-state index in [0.29, 0.717) is 23.6 Å². The van der Waals surface area contributed by atoms with E-state index < -0.39 is 11.9 Å². The Kier molecular flexibility index (Phi) is 8.28. The minimum absolute atomic E-state index is 0.239. The molecule has 0 saturated carbocycles. The van der Waals surface area contributed by atoms with Gasteiger partial charge in [-0.05, 0) is 61.0 Å². The average Bonchev–Trinajstić information content (AvgIpc) is 3.34. The number of aromatic nitrogens is 1. The van der Waals surface area contributed by atoms with Crippen LogP contribution >= 0.6 is 27.5 Å². The number of esters is 1. The first kappa shape index (κ1) is 27.2. The van der Waals surface area contributed by atoms with Crippen LogP contribution in [0.15, 0.2) is 101 Å². The van der Waals surface area contributed by atoms with Gasteiger partial charge in [-0.2, -0.15) is 5.10 Å². The number of halogens is 2. The summed E-state index contributed by atoms with van der Waals surface area (Å²) in [7, 11) is 0. The van der Waals surface area contributed by atoms with E-state index in [-0.39, 0.29) is 16.3 Å². The first-order valence-electron chi connectivity index (χ1n) is 12.4. The van der Waals surface area contributed by atoms with Crippen molar-refractivity contribution in [1.29, 1.82) is 0 Å². The van der Waals surface area contributed by atoms with Crippen LogP contribution in [0.3, 0.4) is 0 Å². The maximum Gasteiger partial charge on any atom is 0.345 e. The Hall–Kier alpha value is -4.40. The molecule has 5 rings (SSSR count). The number of amides is 1. The minimum atomic E-state index is -0.608. The molecule has 1 heterocycles. The molecule has 4 aromatic carbocycles. The quantitative estimate of drug-likeness (QED) is 0.0811. The van der Waals surface area contributed by atoms with Crippen molar-refractivity contribution in [2.45, 2.75) is 6.92 Å². The van der Waals surface area contributed by atoms with Gasteiger partial charge in [-0.1, -0.05) is 70.0 Å². The fourth-order valence-corrected chi connectivity index (χ4v) is 4.81. The van der Waals surface area contributed by atoms with Crippen LogP contribution in [0, 0.1) is 0 Å². The Labute approximate surface area is 243 Å². The summed E-state index contributed by atoms with van der Waals surface area (Å²) in [5.74, 6) is -0.0766. The summed E-state index contributed by atoms with van der Waals surface area (Å²) in [6.45, 7) is 2.45. The van der Waals surface area contributed by atoms with Gasteiger partial charge in [-0.25, -0.2) is 10.2 Å². The van der Waals surface area contributed by atoms with Crippen LogP contribution in [0.25, 0.3) is 22.0 Å². The molecular weight excluding hydrogens is 594 g/mol. The summed E-state index contributed by atoms with van der Waals surface area (Å²) in [6.07, 6.45) is 1.41. The molecule has 0 atom stereocenters. The second-order valence-electron chi connectivity index (χ2n) is 8.63. The molecular formula is C31H23BrClN3O4. The van der Waals surface area contributed by atoms with Crippen molar-refractivity contribution in [2.24, 2.45) is 5.10 Å². The summed E-state index contributed by atoms with van der Waals surface area (Å²) in [6, 6.07) is 27.0. The first-order chi connectivity index (χ1) is 19.4. The van der Waals surface area contributed by atoms with Crippen molar-refractivity contribution < 1.29 is 19.1 Å². The molecule has 0 bridgehead atoms. The number of H-pyrrole nitrogens is 1. The van der Waals surface area contributed by atoms with E-state index in [9.17, 15) is 9.59 Å². The highest BCUT2D eigenvalue weighted by Gasteiger charge is 2.20. The third-order valence-electron chi connectivity index (χ3n) is 6.01. The number of carbonyl (C=O) groups excluding carboxylic acids is 2. The second-order valence-corrected chi connectivity index (χ2v) is 9.95. The van der Waals surface area contributed by atoms with Crippen LogP contribution < -0.4 is 14.9 Å². The Balaban J connectivity index is 1.43. The molecule has 0 spiro atoms. The van der Waals surface area contributed by atoms with E-state index in [1.807, 2.05) is 55.5 Å². The van der Waals surface area contributed by atoms with E-state index in [2.05, 4.69) is 31.4 Å². The Morgan fingerprint density at radius 2 is 1.77 bits per heavy atom. The average molecular weight is 617 g/mol. The van der Waals surface area contributed by atoms with Gasteiger partial charge >= 0.3 is 5.97 Å². The molecule has 0 aliphatic heterocycles. The van der Waals surface area contributed by atoms with Crippen LogP contribution in [-0.4, -0.2) is 29.7 Å². The van der Waals surface area contributed by atoms with E-state index in [1.54, 1.807) is 42.5 Å². The standard InChI is InChI=1S/C31H23BrClN3O4/c1-2-39-22-13-14-26-24(17-22)28(19-8-4-3-5-9-19)29(35-26)30(37)36-34-18-20-16-21(32)12-15-27(20)40-31(38)23-10-6-7-11-25(23)33/h3-18,35H,2H2,1H3,(H,36,37). The zero-order valence-electron chi connectivity index (χ0n) is 21.3. The third kappa shape index (κ3) is 5.93. The normalized spacial score (nSPS) is 11.1. The summed E-state index contributed by atoms with van der Waals surface area (Å²) in [5, 5.41) is 5.30. The van der Waals surface area contributed by atoms with E-state index in [1.165, 1.54) is 6.21 Å². The van der Waals surface area contributed by atoms with Crippen LogP contribution in [-0.2, 0) is 0 Å². The second kappa shape index (κ2) is 12.2. The highest BCUT2D eigenvalue weighted by Crippen LogP contribution is 2.34. The molecule has 5 aromatic rings. The molecule has 0 fully saturated rings. The van der Waals surface area contributed by atoms with Gasteiger partial charge in [-0.15, -0.1) is 0 Å². The topological polar surface area (TPSA) is 92.8 Å². The number of carbonyl (C=O) groups is 2. The lowest BCUT2D eigenvalue weighted by Gasteiger charge is -2.09. The van der Waals surface area contributed by atoms with Crippen LogP contribution in [0.5, 0.6) is 11.5 Å². The highest BCUT2D eigenvalue weighted by molar-refractivity contribution is 9.10. The van der Waals surface area contributed by atoms with Crippen molar-refractivity contribution in [3.63, 3.8) is 0 Å². The molecule has 0 aliphatic carbocycles. The van der Waals surface area contributed by atoms with Gasteiger partial charge in [0.05, 0.1) is 23.4 Å². The Morgan fingerprint density at radius 3 is 2.55 bits per heavy atom. The predicted molar refractivity (Wildman–Crippen MR) is 161 cm³/mol. The number of ether oxygens (including phenoxy) is 2. The molecule has 0 aliphatic rings. The molecule has 0 unspecified atom stereocenters. The zero-order chi connectivity index (χ0) is 28.1. The minimum Gasteiger partial charge on any atom is -0.494 e. The maximum atomic E-state index is 13.4. The van der Waals surface area contributed by atoms with Gasteiger partial charge in [0.15, 0.2) is 0 Å². The number of rotatable bonds is 8. The number of hydrogen-bond acceptors (Lipinski definition) is 5. The number of hydrazone groups is 1. The van der Waals surface area contributed by atoms with Gasteiger partial charge in [0.2, 0.25) is 0 Å². The molecule has 40 heavy (non-hydrogen) atoms. The van der Waals surface area contributed by atoms with Gasteiger partial charge in [-0.3, -0.25) is 4.79 Å². The number of fused-ring (bicyclic) bond motifs is 1. The molecule has 1 amide bonds. The number of aromatic amines is 1. The number of nitrogens with zero attached hydrogens (tertiary/aromatic N) is 1. The van der Waals surface area contributed by atoms with Crippen molar-refractivity contribution in [3.05, 3.63) is 117 Å². The Morgan fingerprint density at radius 1 is 1.00 bits per heavy atom. The fourth-order valence-electron chi connectivity index (χ4n) is 4.21. The SMILES string of the molecule is CCOc1ccc2[nH]c(C(=O)NN=Cc3cc(Br)ccc3OC(=O)c3ccccc3Cl)c(-c3ccccc3)c2c1. The van der Waals surface area contributed by atoms with Crippen LogP contribution in [0.2, 0.25) is 5.02 Å². The summed E-state index contributed by atoms with van der Waals surface area (Å²) in [5.41, 5.74) is 6.05. The van der Waals surface area contributed by atoms with Gasteiger partial charge < -0.3 is 14.5 Å². The maximum absolute atomic E-state index is 13.4. The number of hydrogen-bond donors (Lipinski definition) is 2. The molecule has 0 saturated heterocycles. The number of benzene rings is 4. The first-order valence-corrected chi connectivity index (χ1v) is 13.5. The monoisotopic (exact) mass is 615 g/mol. The third-order valence-corrected chi connectivity index (χ3v) is 6.83. The number of nitrogens with one attached hydrogen (secondary N) is 2. The fraction of sp³-hybridized carbons (Fsp3) is 0.0645. The zero-order valence-corrected chi connectivity index (χ0v) is 23.6. The van der Waals surface area contributed by atoms with Crippen molar-refractivity contribution in [2.75, 3.05) is 6.61 Å². The van der Waals surface area contributed by atoms with Crippen LogP contribution in [0.4, 0.5) is 0 Å². The van der Waals surface area contributed by atoms with Gasteiger partial charge in [0, 0.05) is 26.5 Å². The van der Waals surface area contributed by atoms with Gasteiger partial charge in [0.1, 0.15) is 17.2 Å². The molecule has 7 nitrogen and oxygen atoms in total. The largest absolute Gasteiger partial charge is 0.494 e. The molecule has 9 heteroatoms. The lowest BCUT2D eigenvalue weighted by atomic mass is 10.0. The lowest BCUT2D eigenvalue weighted by molar-refractivity contribution is 0.0734. The van der Waals surface area contributed by atoms with E-state index in [0.717, 1.165) is 26.5 Å². The lowest BCUT2D eigenvalue weighted by Crippen LogP contribution is -2.19. The molecule has 200 valence electrons. The van der Waals surface area contributed by atoms with Crippen LogP contribution in [0.1, 0.15) is 33.3 Å². The molecule has 1 aromatic heterocycles. The molecule has 2 N–H and O–H groups in total. The van der Waals surface area contributed by atoms with E-state index in [4.69, 9.17) is 21.1 Å².